The van der Waals surface area contributed by atoms with Gasteiger partial charge in [0, 0.05) is 18.5 Å². The van der Waals surface area contributed by atoms with Gasteiger partial charge in [0.25, 0.3) is 0 Å². The second-order valence-electron chi connectivity index (χ2n) is 5.95. The predicted molar refractivity (Wildman–Crippen MR) is 69.4 cm³/mol. The molecule has 2 N–H and O–H groups in total. The highest BCUT2D eigenvalue weighted by Crippen LogP contribution is 2.23. The molecule has 1 heterocycles. The van der Waals surface area contributed by atoms with Crippen LogP contribution in [0, 0.1) is 11.3 Å². The van der Waals surface area contributed by atoms with Crippen LogP contribution in [-0.2, 0) is 14.4 Å². The van der Waals surface area contributed by atoms with Crippen LogP contribution in [0.2, 0.25) is 0 Å². The Bertz CT molecular complexity index is 373. The molecule has 2 amide bonds. The number of amides is 2. The monoisotopic (exact) mass is 270 g/mol. The van der Waals surface area contributed by atoms with E-state index in [2.05, 4.69) is 5.32 Å². The molecule has 0 aromatic heterocycles. The number of aliphatic carboxylic acids is 1. The van der Waals surface area contributed by atoms with Crippen molar-refractivity contribution in [2.45, 2.75) is 33.6 Å². The molecule has 1 saturated heterocycles. The minimum absolute atomic E-state index is 0.0308. The number of carboxylic acids is 1. The van der Waals surface area contributed by atoms with Gasteiger partial charge in [0.05, 0.1) is 5.92 Å². The zero-order valence-corrected chi connectivity index (χ0v) is 11.7. The number of hydrogen-bond acceptors (Lipinski definition) is 3. The molecule has 0 radical (unpaired) electrons. The first kappa shape index (κ1) is 15.5. The van der Waals surface area contributed by atoms with Crippen LogP contribution >= 0.6 is 0 Å². The fraction of sp³-hybridized carbons (Fsp3) is 0.769. The Morgan fingerprint density at radius 1 is 1.32 bits per heavy atom. The van der Waals surface area contributed by atoms with Crippen molar-refractivity contribution in [3.8, 4) is 0 Å². The molecule has 6 nitrogen and oxygen atoms in total. The molecule has 0 aromatic rings. The lowest BCUT2D eigenvalue weighted by Crippen LogP contribution is -2.49. The zero-order chi connectivity index (χ0) is 14.6. The minimum Gasteiger partial charge on any atom is -0.480 e. The van der Waals surface area contributed by atoms with Crippen LogP contribution in [0.15, 0.2) is 0 Å². The van der Waals surface area contributed by atoms with Crippen molar-refractivity contribution in [3.05, 3.63) is 0 Å². The van der Waals surface area contributed by atoms with Gasteiger partial charge in [-0.25, -0.2) is 0 Å². The van der Waals surface area contributed by atoms with E-state index in [9.17, 15) is 14.4 Å². The predicted octanol–water partition coefficient (Wildman–Crippen LogP) is 0.472. The SMILES string of the molecule is CC(C)(C)C(=O)N1CCCC(C(=O)NCC(=O)O)C1. The van der Waals surface area contributed by atoms with Crippen molar-refractivity contribution >= 4 is 17.8 Å². The largest absolute Gasteiger partial charge is 0.480 e. The maximum atomic E-state index is 12.2. The van der Waals surface area contributed by atoms with E-state index in [0.717, 1.165) is 6.42 Å². The molecule has 1 rings (SSSR count). The molecule has 108 valence electrons. The Labute approximate surface area is 113 Å². The van der Waals surface area contributed by atoms with Gasteiger partial charge < -0.3 is 15.3 Å². The molecule has 1 aliphatic rings. The summed E-state index contributed by atoms with van der Waals surface area (Å²) in [6.45, 7) is 6.22. The van der Waals surface area contributed by atoms with E-state index in [1.807, 2.05) is 20.8 Å². The van der Waals surface area contributed by atoms with Crippen LogP contribution in [0.25, 0.3) is 0 Å². The average Bonchev–Trinajstić information content (AvgIpc) is 2.34. The van der Waals surface area contributed by atoms with Crippen LogP contribution in [0.4, 0.5) is 0 Å². The van der Waals surface area contributed by atoms with Crippen LogP contribution in [-0.4, -0.2) is 47.4 Å². The smallest absolute Gasteiger partial charge is 0.322 e. The van der Waals surface area contributed by atoms with Crippen molar-refractivity contribution in [2.24, 2.45) is 11.3 Å². The van der Waals surface area contributed by atoms with Gasteiger partial charge in [0.2, 0.25) is 11.8 Å². The van der Waals surface area contributed by atoms with Crippen LogP contribution < -0.4 is 5.32 Å². The first-order valence-electron chi connectivity index (χ1n) is 6.50. The van der Waals surface area contributed by atoms with Crippen LogP contribution in [0.3, 0.4) is 0 Å². The summed E-state index contributed by atoms with van der Waals surface area (Å²) in [7, 11) is 0. The Kier molecular flexibility index (Phi) is 4.91. The van der Waals surface area contributed by atoms with Gasteiger partial charge in [-0.2, -0.15) is 0 Å². The van der Waals surface area contributed by atoms with Crippen molar-refractivity contribution in [3.63, 3.8) is 0 Å². The van der Waals surface area contributed by atoms with Gasteiger partial charge in [-0.15, -0.1) is 0 Å². The molecule has 0 aromatic carbocycles. The van der Waals surface area contributed by atoms with E-state index in [-0.39, 0.29) is 24.3 Å². The minimum atomic E-state index is -1.06. The summed E-state index contributed by atoms with van der Waals surface area (Å²) < 4.78 is 0. The van der Waals surface area contributed by atoms with E-state index in [1.165, 1.54) is 0 Å². The first-order chi connectivity index (χ1) is 8.71. The summed E-state index contributed by atoms with van der Waals surface area (Å²) in [6.07, 6.45) is 1.46. The molecule has 0 spiro atoms. The third-order valence-electron chi connectivity index (χ3n) is 3.13. The van der Waals surface area contributed by atoms with Crippen molar-refractivity contribution in [1.82, 2.24) is 10.2 Å². The standard InChI is InChI=1S/C13H22N2O4/c1-13(2,3)12(19)15-6-4-5-9(8-15)11(18)14-7-10(16)17/h9H,4-8H2,1-3H3,(H,14,18)(H,16,17). The van der Waals surface area contributed by atoms with Crippen LogP contribution in [0.1, 0.15) is 33.6 Å². The van der Waals surface area contributed by atoms with Gasteiger partial charge in [-0.1, -0.05) is 20.8 Å². The van der Waals surface area contributed by atoms with Gasteiger partial charge in [-0.05, 0) is 12.8 Å². The number of likely N-dealkylation sites (tertiary alicyclic amines) is 1. The van der Waals surface area contributed by atoms with Gasteiger partial charge >= 0.3 is 5.97 Å². The van der Waals surface area contributed by atoms with E-state index < -0.39 is 11.4 Å². The quantitative estimate of drug-likeness (QED) is 0.780. The number of hydrogen-bond donors (Lipinski definition) is 2. The molecular formula is C13H22N2O4. The lowest BCUT2D eigenvalue weighted by Gasteiger charge is -2.35. The lowest BCUT2D eigenvalue weighted by atomic mass is 9.91. The van der Waals surface area contributed by atoms with E-state index in [1.54, 1.807) is 4.90 Å². The zero-order valence-electron chi connectivity index (χ0n) is 11.7. The summed E-state index contributed by atoms with van der Waals surface area (Å²) in [5.74, 6) is -1.62. The third kappa shape index (κ3) is 4.54. The van der Waals surface area contributed by atoms with Gasteiger partial charge in [0.1, 0.15) is 6.54 Å². The van der Waals surface area contributed by atoms with Gasteiger partial charge in [0.15, 0.2) is 0 Å². The normalized spacial score (nSPS) is 19.9. The topological polar surface area (TPSA) is 86.7 Å². The summed E-state index contributed by atoms with van der Waals surface area (Å²) in [5, 5.41) is 10.9. The molecule has 0 bridgehead atoms. The molecule has 6 heteroatoms. The third-order valence-corrected chi connectivity index (χ3v) is 3.13. The number of rotatable bonds is 3. The Balaban J connectivity index is 2.57. The lowest BCUT2D eigenvalue weighted by molar-refractivity contribution is -0.144. The fourth-order valence-electron chi connectivity index (χ4n) is 2.16. The molecule has 0 aliphatic carbocycles. The first-order valence-corrected chi connectivity index (χ1v) is 6.50. The molecule has 1 unspecified atom stereocenters. The van der Waals surface area contributed by atoms with Crippen LogP contribution in [0.5, 0.6) is 0 Å². The number of piperidine rings is 1. The molecular weight excluding hydrogens is 248 g/mol. The second-order valence-corrected chi connectivity index (χ2v) is 5.95. The summed E-state index contributed by atoms with van der Waals surface area (Å²) >= 11 is 0. The molecule has 1 fully saturated rings. The van der Waals surface area contributed by atoms with Crippen molar-refractivity contribution in [2.75, 3.05) is 19.6 Å². The average molecular weight is 270 g/mol. The molecule has 19 heavy (non-hydrogen) atoms. The number of carbonyl (C=O) groups is 3. The van der Waals surface area contributed by atoms with Crippen molar-refractivity contribution in [1.29, 1.82) is 0 Å². The Hall–Kier alpha value is -1.59. The number of nitrogens with zero attached hydrogens (tertiary/aromatic N) is 1. The second kappa shape index (κ2) is 6.04. The fourth-order valence-corrected chi connectivity index (χ4v) is 2.16. The maximum absolute atomic E-state index is 12.2. The van der Waals surface area contributed by atoms with E-state index in [0.29, 0.717) is 19.5 Å². The summed E-state index contributed by atoms with van der Waals surface area (Å²) in [5.41, 5.74) is -0.459. The highest BCUT2D eigenvalue weighted by Gasteiger charge is 2.33. The highest BCUT2D eigenvalue weighted by molar-refractivity contribution is 5.85. The molecule has 1 aliphatic heterocycles. The van der Waals surface area contributed by atoms with E-state index in [4.69, 9.17) is 5.11 Å². The van der Waals surface area contributed by atoms with E-state index >= 15 is 0 Å². The highest BCUT2D eigenvalue weighted by atomic mass is 16.4. The summed E-state index contributed by atoms with van der Waals surface area (Å²) in [4.78, 5) is 36.1. The Morgan fingerprint density at radius 3 is 2.47 bits per heavy atom. The Morgan fingerprint density at radius 2 is 1.95 bits per heavy atom. The molecule has 0 saturated carbocycles. The number of carboxylic acid groups (broad SMARTS) is 1. The number of carbonyl (C=O) groups excluding carboxylic acids is 2. The molecule has 1 atom stereocenters. The van der Waals surface area contributed by atoms with Crippen molar-refractivity contribution < 1.29 is 19.5 Å². The maximum Gasteiger partial charge on any atom is 0.322 e. The summed E-state index contributed by atoms with van der Waals surface area (Å²) in [6, 6.07) is 0. The number of nitrogens with one attached hydrogen (secondary N) is 1. The van der Waals surface area contributed by atoms with Gasteiger partial charge in [-0.3, -0.25) is 14.4 Å².